The summed E-state index contributed by atoms with van der Waals surface area (Å²) in [5, 5.41) is 3.25. The van der Waals surface area contributed by atoms with Crippen LogP contribution in [0.15, 0.2) is 40.9 Å². The van der Waals surface area contributed by atoms with Crippen molar-refractivity contribution in [3.63, 3.8) is 0 Å². The molecule has 1 aliphatic heterocycles. The fourth-order valence-electron chi connectivity index (χ4n) is 3.35. The van der Waals surface area contributed by atoms with Crippen LogP contribution in [0.4, 0.5) is 0 Å². The number of hydrogen-bond donors (Lipinski definition) is 1. The van der Waals surface area contributed by atoms with Gasteiger partial charge in [0.05, 0.1) is 12.2 Å². The topological polar surface area (TPSA) is 41.3 Å². The van der Waals surface area contributed by atoms with Crippen LogP contribution in [0.3, 0.4) is 0 Å². The maximum atomic E-state index is 6.01. The summed E-state index contributed by atoms with van der Waals surface area (Å²) in [6, 6.07) is 10.4. The largest absolute Gasteiger partial charge is 0.439 e. The van der Waals surface area contributed by atoms with Crippen molar-refractivity contribution in [3.05, 3.63) is 42.4 Å². The molecular weight excluding hydrogens is 357 g/mol. The summed E-state index contributed by atoms with van der Waals surface area (Å²) in [4.78, 5) is 7.01. The Morgan fingerprint density at radius 2 is 1.88 bits per heavy atom. The van der Waals surface area contributed by atoms with E-state index in [9.17, 15) is 0 Å². The van der Waals surface area contributed by atoms with Gasteiger partial charge in [0.2, 0.25) is 5.89 Å². The first-order valence-corrected chi connectivity index (χ1v) is 8.67. The van der Waals surface area contributed by atoms with Gasteiger partial charge < -0.3 is 9.73 Å². The molecular formula is C19H29Cl2N3O. The first-order valence-electron chi connectivity index (χ1n) is 8.67. The van der Waals surface area contributed by atoms with E-state index in [0.717, 1.165) is 42.8 Å². The molecule has 0 bridgehead atoms. The average molecular weight is 386 g/mol. The Morgan fingerprint density at radius 3 is 2.52 bits per heavy atom. The van der Waals surface area contributed by atoms with Gasteiger partial charge in [-0.1, -0.05) is 30.3 Å². The van der Waals surface area contributed by atoms with E-state index in [1.165, 1.54) is 19.3 Å². The van der Waals surface area contributed by atoms with Gasteiger partial charge in [-0.2, -0.15) is 0 Å². The second-order valence-electron chi connectivity index (χ2n) is 6.48. The van der Waals surface area contributed by atoms with Gasteiger partial charge in [0.1, 0.15) is 0 Å². The van der Waals surface area contributed by atoms with Crippen molar-refractivity contribution in [2.24, 2.45) is 5.92 Å². The number of oxazole rings is 1. The predicted molar refractivity (Wildman–Crippen MR) is 108 cm³/mol. The van der Waals surface area contributed by atoms with Gasteiger partial charge >= 0.3 is 0 Å². The number of likely N-dealkylation sites (tertiary alicyclic amines) is 1. The van der Waals surface area contributed by atoms with E-state index >= 15 is 0 Å². The third kappa shape index (κ3) is 5.71. The molecule has 1 atom stereocenters. The molecule has 140 valence electrons. The average Bonchev–Trinajstić information content (AvgIpc) is 3.11. The quantitative estimate of drug-likeness (QED) is 0.790. The zero-order chi connectivity index (χ0) is 16.1. The SMILES string of the molecule is CNCCC1CCN(C(C)c2ncc(-c3ccccc3)o2)CC1.Cl.Cl. The van der Waals surface area contributed by atoms with E-state index < -0.39 is 0 Å². The van der Waals surface area contributed by atoms with Crippen LogP contribution in [-0.4, -0.2) is 36.6 Å². The van der Waals surface area contributed by atoms with E-state index in [0.29, 0.717) is 0 Å². The number of piperidine rings is 1. The lowest BCUT2D eigenvalue weighted by molar-refractivity contribution is 0.122. The van der Waals surface area contributed by atoms with Crippen molar-refractivity contribution in [1.82, 2.24) is 15.2 Å². The van der Waals surface area contributed by atoms with Crippen molar-refractivity contribution in [3.8, 4) is 11.3 Å². The molecule has 0 saturated carbocycles. The maximum absolute atomic E-state index is 6.01. The Labute approximate surface area is 163 Å². The summed E-state index contributed by atoms with van der Waals surface area (Å²) in [5.74, 6) is 2.55. The molecule has 0 aliphatic carbocycles. The van der Waals surface area contributed by atoms with E-state index in [2.05, 4.69) is 34.3 Å². The minimum absolute atomic E-state index is 0. The van der Waals surface area contributed by atoms with Gasteiger partial charge in [-0.25, -0.2) is 4.98 Å². The molecule has 1 fully saturated rings. The molecule has 25 heavy (non-hydrogen) atoms. The highest BCUT2D eigenvalue weighted by Crippen LogP contribution is 2.29. The highest BCUT2D eigenvalue weighted by Gasteiger charge is 2.25. The number of benzene rings is 1. The van der Waals surface area contributed by atoms with Crippen LogP contribution in [-0.2, 0) is 0 Å². The number of nitrogens with one attached hydrogen (secondary N) is 1. The number of nitrogens with zero attached hydrogens (tertiary/aromatic N) is 2. The number of halogens is 2. The smallest absolute Gasteiger partial charge is 0.211 e. The zero-order valence-electron chi connectivity index (χ0n) is 15.0. The normalized spacial score (nSPS) is 16.7. The molecule has 6 heteroatoms. The highest BCUT2D eigenvalue weighted by atomic mass is 35.5. The first-order chi connectivity index (χ1) is 11.3. The Hall–Kier alpha value is -1.07. The van der Waals surface area contributed by atoms with Gasteiger partial charge in [0, 0.05) is 5.56 Å². The van der Waals surface area contributed by atoms with Gasteiger partial charge in [-0.3, -0.25) is 4.90 Å². The third-order valence-electron chi connectivity index (χ3n) is 4.94. The summed E-state index contributed by atoms with van der Waals surface area (Å²) < 4.78 is 6.01. The molecule has 1 N–H and O–H groups in total. The van der Waals surface area contributed by atoms with Crippen LogP contribution < -0.4 is 5.32 Å². The molecule has 1 saturated heterocycles. The molecule has 2 aromatic rings. The standard InChI is InChI=1S/C19H27N3O.2ClH/c1-15(22-12-9-16(10-13-22)8-11-20-2)19-21-14-18(23-19)17-6-4-3-5-7-17;;/h3-7,14-16,20H,8-13H2,1-2H3;2*1H. The summed E-state index contributed by atoms with van der Waals surface area (Å²) in [5.41, 5.74) is 1.09. The second-order valence-corrected chi connectivity index (χ2v) is 6.48. The van der Waals surface area contributed by atoms with Crippen LogP contribution in [0.2, 0.25) is 0 Å². The van der Waals surface area contributed by atoms with E-state index in [1.54, 1.807) is 0 Å². The number of hydrogen-bond acceptors (Lipinski definition) is 4. The van der Waals surface area contributed by atoms with Gasteiger partial charge in [0.25, 0.3) is 0 Å². The van der Waals surface area contributed by atoms with Crippen LogP contribution in [0.25, 0.3) is 11.3 Å². The van der Waals surface area contributed by atoms with Gasteiger partial charge in [0.15, 0.2) is 5.76 Å². The van der Waals surface area contributed by atoms with Crippen LogP contribution in [0, 0.1) is 5.92 Å². The molecule has 1 aromatic heterocycles. The predicted octanol–water partition coefficient (Wildman–Crippen LogP) is 4.57. The summed E-state index contributed by atoms with van der Waals surface area (Å²) in [6.07, 6.45) is 5.69. The first kappa shape index (κ1) is 22.0. The lowest BCUT2D eigenvalue weighted by Gasteiger charge is -2.34. The van der Waals surface area contributed by atoms with Gasteiger partial charge in [-0.15, -0.1) is 24.8 Å². The van der Waals surface area contributed by atoms with Crippen LogP contribution >= 0.6 is 24.8 Å². The molecule has 0 spiro atoms. The second kappa shape index (κ2) is 10.8. The van der Waals surface area contributed by atoms with E-state index in [1.807, 2.05) is 31.4 Å². The molecule has 2 heterocycles. The number of rotatable bonds is 6. The minimum Gasteiger partial charge on any atom is -0.439 e. The van der Waals surface area contributed by atoms with E-state index in [-0.39, 0.29) is 30.9 Å². The molecule has 1 aromatic carbocycles. The zero-order valence-corrected chi connectivity index (χ0v) is 16.6. The van der Waals surface area contributed by atoms with Crippen molar-refractivity contribution < 1.29 is 4.42 Å². The summed E-state index contributed by atoms with van der Waals surface area (Å²) in [6.45, 7) is 5.60. The van der Waals surface area contributed by atoms with Crippen molar-refractivity contribution in [2.75, 3.05) is 26.7 Å². The van der Waals surface area contributed by atoms with Crippen molar-refractivity contribution in [1.29, 1.82) is 0 Å². The lowest BCUT2D eigenvalue weighted by atomic mass is 9.93. The third-order valence-corrected chi connectivity index (χ3v) is 4.94. The Kier molecular flexibility index (Phi) is 9.51. The van der Waals surface area contributed by atoms with Gasteiger partial charge in [-0.05, 0) is 58.8 Å². The summed E-state index contributed by atoms with van der Waals surface area (Å²) >= 11 is 0. The molecule has 3 rings (SSSR count). The molecule has 4 nitrogen and oxygen atoms in total. The van der Waals surface area contributed by atoms with Crippen molar-refractivity contribution in [2.45, 2.75) is 32.2 Å². The Morgan fingerprint density at radius 1 is 1.20 bits per heavy atom. The van der Waals surface area contributed by atoms with Crippen LogP contribution in [0.5, 0.6) is 0 Å². The monoisotopic (exact) mass is 385 g/mol. The molecule has 0 amide bonds. The minimum atomic E-state index is 0. The highest BCUT2D eigenvalue weighted by molar-refractivity contribution is 5.85. The number of aromatic nitrogens is 1. The van der Waals surface area contributed by atoms with Crippen molar-refractivity contribution >= 4 is 24.8 Å². The molecule has 1 unspecified atom stereocenters. The summed E-state index contributed by atoms with van der Waals surface area (Å²) in [7, 11) is 2.03. The lowest BCUT2D eigenvalue weighted by Crippen LogP contribution is -2.36. The Bertz CT molecular complexity index is 598. The maximum Gasteiger partial charge on any atom is 0.211 e. The van der Waals surface area contributed by atoms with E-state index in [4.69, 9.17) is 4.42 Å². The molecule has 1 aliphatic rings. The van der Waals surface area contributed by atoms with Crippen LogP contribution in [0.1, 0.15) is 38.1 Å². The molecule has 0 radical (unpaired) electrons. The fraction of sp³-hybridized carbons (Fsp3) is 0.526. The Balaban J connectivity index is 0.00000156. The fourth-order valence-corrected chi connectivity index (χ4v) is 3.35.